The third kappa shape index (κ3) is 3.09. The van der Waals surface area contributed by atoms with Gasteiger partial charge in [0.15, 0.2) is 0 Å². The molecular formula is C14H13FO. The number of hydrogen-bond acceptors (Lipinski definition) is 1. The van der Waals surface area contributed by atoms with E-state index in [4.69, 9.17) is 4.74 Å². The maximum atomic E-state index is 13.6. The number of hydrogen-bond donors (Lipinski definition) is 0. The van der Waals surface area contributed by atoms with Gasteiger partial charge in [0, 0.05) is 6.42 Å². The van der Waals surface area contributed by atoms with Gasteiger partial charge in [-0.1, -0.05) is 48.5 Å². The zero-order chi connectivity index (χ0) is 11.2. The first-order valence-corrected chi connectivity index (χ1v) is 5.24. The highest BCUT2D eigenvalue weighted by Gasteiger charge is 2.08. The Morgan fingerprint density at radius 1 is 0.875 bits per heavy atom. The molecule has 1 nitrogen and oxygen atoms in total. The van der Waals surface area contributed by atoms with E-state index in [2.05, 4.69) is 0 Å². The van der Waals surface area contributed by atoms with Crippen LogP contribution >= 0.6 is 0 Å². The minimum absolute atomic E-state index is 0.274. The molecule has 0 heterocycles. The van der Waals surface area contributed by atoms with Crippen molar-refractivity contribution < 1.29 is 9.13 Å². The predicted octanol–water partition coefficient (Wildman–Crippen LogP) is 3.60. The van der Waals surface area contributed by atoms with Crippen LogP contribution in [0, 0.1) is 0 Å². The second kappa shape index (κ2) is 5.31. The Kier molecular flexibility index (Phi) is 3.54. The average molecular weight is 216 g/mol. The molecule has 82 valence electrons. The second-order valence-electron chi connectivity index (χ2n) is 3.53. The minimum atomic E-state index is -1.30. The first-order chi connectivity index (χ1) is 7.84. The molecule has 16 heavy (non-hydrogen) atoms. The minimum Gasteiger partial charge on any atom is -0.460 e. The van der Waals surface area contributed by atoms with Gasteiger partial charge in [-0.05, 0) is 17.7 Å². The molecule has 2 aromatic rings. The summed E-state index contributed by atoms with van der Waals surface area (Å²) in [5.74, 6) is 0.561. The molecule has 1 unspecified atom stereocenters. The first-order valence-electron chi connectivity index (χ1n) is 5.24. The SMILES string of the molecule is FC(Cc1ccccc1)Oc1ccccc1. The van der Waals surface area contributed by atoms with Crippen LogP contribution in [0.15, 0.2) is 60.7 Å². The summed E-state index contributed by atoms with van der Waals surface area (Å²) < 4.78 is 18.7. The van der Waals surface area contributed by atoms with Gasteiger partial charge >= 0.3 is 0 Å². The van der Waals surface area contributed by atoms with Crippen LogP contribution < -0.4 is 4.74 Å². The van der Waals surface area contributed by atoms with E-state index in [-0.39, 0.29) is 6.42 Å². The molecule has 2 heteroatoms. The molecule has 0 aliphatic heterocycles. The summed E-state index contributed by atoms with van der Waals surface area (Å²) in [7, 11) is 0. The van der Waals surface area contributed by atoms with Gasteiger partial charge in [-0.25, -0.2) is 4.39 Å². The van der Waals surface area contributed by atoms with Crippen molar-refractivity contribution in [3.8, 4) is 5.75 Å². The molecule has 0 fully saturated rings. The van der Waals surface area contributed by atoms with Crippen molar-refractivity contribution in [2.45, 2.75) is 12.8 Å². The molecule has 0 bridgehead atoms. The van der Waals surface area contributed by atoms with Crippen molar-refractivity contribution in [2.24, 2.45) is 0 Å². The molecular weight excluding hydrogens is 203 g/mol. The van der Waals surface area contributed by atoms with Gasteiger partial charge in [-0.3, -0.25) is 0 Å². The molecule has 0 spiro atoms. The van der Waals surface area contributed by atoms with Gasteiger partial charge in [0.05, 0.1) is 0 Å². The highest BCUT2D eigenvalue weighted by molar-refractivity contribution is 5.21. The van der Waals surface area contributed by atoms with Crippen LogP contribution in [0.3, 0.4) is 0 Å². The summed E-state index contributed by atoms with van der Waals surface area (Å²) in [6, 6.07) is 18.5. The number of rotatable bonds is 4. The Morgan fingerprint density at radius 2 is 1.44 bits per heavy atom. The average Bonchev–Trinajstić information content (AvgIpc) is 2.31. The van der Waals surface area contributed by atoms with E-state index in [9.17, 15) is 4.39 Å². The zero-order valence-electron chi connectivity index (χ0n) is 8.84. The van der Waals surface area contributed by atoms with Crippen LogP contribution in [0.5, 0.6) is 5.75 Å². The topological polar surface area (TPSA) is 9.23 Å². The van der Waals surface area contributed by atoms with E-state index in [1.165, 1.54) is 0 Å². The van der Waals surface area contributed by atoms with Crippen LogP contribution in [0.25, 0.3) is 0 Å². The molecule has 0 aliphatic rings. The van der Waals surface area contributed by atoms with Crippen LogP contribution in [-0.4, -0.2) is 6.36 Å². The normalized spacial score (nSPS) is 12.1. The first kappa shape index (κ1) is 10.7. The predicted molar refractivity (Wildman–Crippen MR) is 62.1 cm³/mol. The number of benzene rings is 2. The van der Waals surface area contributed by atoms with Crippen molar-refractivity contribution >= 4 is 0 Å². The Hall–Kier alpha value is -1.83. The fourth-order valence-electron chi connectivity index (χ4n) is 1.49. The third-order valence-electron chi connectivity index (χ3n) is 2.25. The molecule has 2 aromatic carbocycles. The lowest BCUT2D eigenvalue weighted by Crippen LogP contribution is -2.13. The van der Waals surface area contributed by atoms with Gasteiger partial charge in [0.25, 0.3) is 0 Å². The number of alkyl halides is 1. The van der Waals surface area contributed by atoms with Crippen molar-refractivity contribution in [2.75, 3.05) is 0 Å². The lowest BCUT2D eigenvalue weighted by molar-refractivity contribution is 0.0681. The molecule has 0 saturated heterocycles. The zero-order valence-corrected chi connectivity index (χ0v) is 8.84. The summed E-state index contributed by atoms with van der Waals surface area (Å²) in [6.45, 7) is 0. The van der Waals surface area contributed by atoms with Crippen molar-refractivity contribution in [3.63, 3.8) is 0 Å². The van der Waals surface area contributed by atoms with Crippen molar-refractivity contribution in [1.82, 2.24) is 0 Å². The van der Waals surface area contributed by atoms with Crippen molar-refractivity contribution in [3.05, 3.63) is 66.2 Å². The van der Waals surface area contributed by atoms with Gasteiger partial charge in [0.1, 0.15) is 5.75 Å². The summed E-state index contributed by atoms with van der Waals surface area (Å²) in [4.78, 5) is 0. The molecule has 0 aromatic heterocycles. The standard InChI is InChI=1S/C14H13FO/c15-14(11-12-7-3-1-4-8-12)16-13-9-5-2-6-10-13/h1-10,14H,11H2. The second-order valence-corrected chi connectivity index (χ2v) is 3.53. The summed E-state index contributed by atoms with van der Waals surface area (Å²) in [6.07, 6.45) is -1.03. The third-order valence-corrected chi connectivity index (χ3v) is 2.25. The molecule has 0 saturated carbocycles. The fraction of sp³-hybridized carbons (Fsp3) is 0.143. The van der Waals surface area contributed by atoms with E-state index >= 15 is 0 Å². The quantitative estimate of drug-likeness (QED) is 0.758. The lowest BCUT2D eigenvalue weighted by atomic mass is 10.1. The molecule has 0 amide bonds. The lowest BCUT2D eigenvalue weighted by Gasteiger charge is -2.11. The van der Waals surface area contributed by atoms with Crippen LogP contribution in [0.4, 0.5) is 4.39 Å². The summed E-state index contributed by atoms with van der Waals surface area (Å²) in [5, 5.41) is 0. The van der Waals surface area contributed by atoms with Gasteiger partial charge in [-0.15, -0.1) is 0 Å². The van der Waals surface area contributed by atoms with Crippen LogP contribution in [-0.2, 0) is 6.42 Å². The maximum Gasteiger partial charge on any atom is 0.242 e. The van der Waals surface area contributed by atoms with E-state index in [1.54, 1.807) is 12.1 Å². The largest absolute Gasteiger partial charge is 0.460 e. The Labute approximate surface area is 94.5 Å². The number of halogens is 1. The summed E-state index contributed by atoms with van der Waals surface area (Å²) >= 11 is 0. The molecule has 0 aliphatic carbocycles. The number of ether oxygens (including phenoxy) is 1. The monoisotopic (exact) mass is 216 g/mol. The molecule has 0 radical (unpaired) electrons. The molecule has 0 N–H and O–H groups in total. The Bertz CT molecular complexity index is 372. The van der Waals surface area contributed by atoms with E-state index in [1.807, 2.05) is 48.5 Å². The Morgan fingerprint density at radius 3 is 2.06 bits per heavy atom. The Balaban J connectivity index is 1.92. The number of para-hydroxylation sites is 1. The molecule has 1 atom stereocenters. The summed E-state index contributed by atoms with van der Waals surface area (Å²) in [5.41, 5.74) is 0.936. The van der Waals surface area contributed by atoms with Gasteiger partial charge < -0.3 is 4.74 Å². The van der Waals surface area contributed by atoms with Crippen molar-refractivity contribution in [1.29, 1.82) is 0 Å². The highest BCUT2D eigenvalue weighted by Crippen LogP contribution is 2.14. The van der Waals surface area contributed by atoms with Crippen LogP contribution in [0.1, 0.15) is 5.56 Å². The smallest absolute Gasteiger partial charge is 0.242 e. The highest BCUT2D eigenvalue weighted by atomic mass is 19.1. The van der Waals surface area contributed by atoms with Gasteiger partial charge in [0.2, 0.25) is 6.36 Å². The maximum absolute atomic E-state index is 13.6. The molecule has 2 rings (SSSR count). The fourth-order valence-corrected chi connectivity index (χ4v) is 1.49. The van der Waals surface area contributed by atoms with E-state index in [0.29, 0.717) is 5.75 Å². The van der Waals surface area contributed by atoms with Gasteiger partial charge in [-0.2, -0.15) is 0 Å². The van der Waals surface area contributed by atoms with Crippen LogP contribution in [0.2, 0.25) is 0 Å². The van der Waals surface area contributed by atoms with E-state index in [0.717, 1.165) is 5.56 Å². The van der Waals surface area contributed by atoms with E-state index < -0.39 is 6.36 Å².